The minimum Gasteiger partial charge on any atom is -0.465 e. The fraction of sp³-hybridized carbons (Fsp3) is 0.0526. The number of furan rings is 1. The quantitative estimate of drug-likeness (QED) is 0.670. The van der Waals surface area contributed by atoms with E-state index in [2.05, 4.69) is 18.2 Å². The summed E-state index contributed by atoms with van der Waals surface area (Å²) >= 11 is 0. The summed E-state index contributed by atoms with van der Waals surface area (Å²) in [5.74, 6) is 2.67. The third kappa shape index (κ3) is 2.15. The molecular formula is C19H14O2. The number of ether oxygens (including phenoxy) is 1. The molecule has 2 heterocycles. The minimum absolute atomic E-state index is 0.813. The van der Waals surface area contributed by atoms with Crippen molar-refractivity contribution in [1.29, 1.82) is 0 Å². The molecule has 0 spiro atoms. The molecule has 1 aliphatic heterocycles. The zero-order valence-corrected chi connectivity index (χ0v) is 11.5. The van der Waals surface area contributed by atoms with E-state index in [1.807, 2.05) is 48.5 Å². The number of fused-ring (bicyclic) bond motifs is 1. The fourth-order valence-corrected chi connectivity index (χ4v) is 2.66. The van der Waals surface area contributed by atoms with E-state index in [0.717, 1.165) is 34.8 Å². The van der Waals surface area contributed by atoms with Crippen LogP contribution in [0.5, 0.6) is 5.75 Å². The highest BCUT2D eigenvalue weighted by Gasteiger charge is 2.23. The zero-order chi connectivity index (χ0) is 14.1. The predicted octanol–water partition coefficient (Wildman–Crippen LogP) is 4.78. The van der Waals surface area contributed by atoms with Crippen molar-refractivity contribution >= 4 is 11.3 Å². The molecule has 0 bridgehead atoms. The van der Waals surface area contributed by atoms with Crippen molar-refractivity contribution in [2.75, 3.05) is 0 Å². The number of allylic oxidation sites excluding steroid dienone is 1. The maximum atomic E-state index is 6.17. The Hall–Kier alpha value is -2.74. The molecule has 0 amide bonds. The average Bonchev–Trinajstić information content (AvgIpc) is 3.09. The van der Waals surface area contributed by atoms with Crippen molar-refractivity contribution in [1.82, 2.24) is 0 Å². The normalized spacial score (nSPS) is 13.7. The monoisotopic (exact) mass is 274 g/mol. The summed E-state index contributed by atoms with van der Waals surface area (Å²) in [4.78, 5) is 0. The van der Waals surface area contributed by atoms with Crippen LogP contribution in [-0.4, -0.2) is 0 Å². The zero-order valence-electron chi connectivity index (χ0n) is 11.5. The van der Waals surface area contributed by atoms with Gasteiger partial charge >= 0.3 is 0 Å². The van der Waals surface area contributed by atoms with E-state index in [0.29, 0.717) is 0 Å². The lowest BCUT2D eigenvalue weighted by atomic mass is 9.96. The van der Waals surface area contributed by atoms with Crippen LogP contribution in [0.4, 0.5) is 0 Å². The number of hydrogen-bond donors (Lipinski definition) is 0. The molecule has 1 aromatic heterocycles. The Morgan fingerprint density at radius 2 is 1.57 bits per heavy atom. The van der Waals surface area contributed by atoms with Gasteiger partial charge in [-0.1, -0.05) is 48.5 Å². The lowest BCUT2D eigenvalue weighted by Gasteiger charge is -2.22. The van der Waals surface area contributed by atoms with E-state index in [9.17, 15) is 0 Å². The van der Waals surface area contributed by atoms with Gasteiger partial charge in [0, 0.05) is 17.6 Å². The van der Waals surface area contributed by atoms with Crippen LogP contribution in [-0.2, 0) is 6.42 Å². The number of rotatable bonds is 2. The van der Waals surface area contributed by atoms with Crippen molar-refractivity contribution < 1.29 is 9.15 Å². The van der Waals surface area contributed by atoms with Gasteiger partial charge in [0.1, 0.15) is 17.3 Å². The Morgan fingerprint density at radius 3 is 2.38 bits per heavy atom. The van der Waals surface area contributed by atoms with Gasteiger partial charge in [0.25, 0.3) is 0 Å². The maximum Gasteiger partial charge on any atom is 0.141 e. The lowest BCUT2D eigenvalue weighted by Crippen LogP contribution is -2.08. The van der Waals surface area contributed by atoms with Gasteiger partial charge in [-0.05, 0) is 23.8 Å². The Bertz CT molecular complexity index is 783. The number of para-hydroxylation sites is 1. The Kier molecular flexibility index (Phi) is 2.86. The largest absolute Gasteiger partial charge is 0.465 e. The molecule has 0 aliphatic carbocycles. The van der Waals surface area contributed by atoms with Gasteiger partial charge in [-0.25, -0.2) is 0 Å². The first-order valence-electron chi connectivity index (χ1n) is 7.00. The summed E-state index contributed by atoms with van der Waals surface area (Å²) < 4.78 is 11.8. The van der Waals surface area contributed by atoms with Gasteiger partial charge in [-0.15, -0.1) is 0 Å². The van der Waals surface area contributed by atoms with Crippen molar-refractivity contribution in [2.24, 2.45) is 0 Å². The molecule has 0 radical (unpaired) electrons. The second-order valence-corrected chi connectivity index (χ2v) is 5.04. The molecule has 0 N–H and O–H groups in total. The van der Waals surface area contributed by atoms with Crippen LogP contribution in [0.2, 0.25) is 0 Å². The molecule has 4 rings (SSSR count). The average molecular weight is 274 g/mol. The highest BCUT2D eigenvalue weighted by atomic mass is 16.5. The molecule has 2 heteroatoms. The molecule has 2 nitrogen and oxygen atoms in total. The van der Waals surface area contributed by atoms with Crippen LogP contribution in [0, 0.1) is 0 Å². The van der Waals surface area contributed by atoms with Gasteiger partial charge in [0.15, 0.2) is 0 Å². The van der Waals surface area contributed by atoms with E-state index in [1.165, 1.54) is 5.56 Å². The molecule has 2 aromatic carbocycles. The molecule has 21 heavy (non-hydrogen) atoms. The van der Waals surface area contributed by atoms with Crippen molar-refractivity contribution in [2.45, 2.75) is 6.42 Å². The Labute approximate surface area is 123 Å². The van der Waals surface area contributed by atoms with Crippen LogP contribution >= 0.6 is 0 Å². The van der Waals surface area contributed by atoms with Crippen LogP contribution in [0.1, 0.15) is 16.9 Å². The topological polar surface area (TPSA) is 22.4 Å². The Morgan fingerprint density at radius 1 is 0.762 bits per heavy atom. The number of benzene rings is 2. The molecule has 0 fully saturated rings. The molecule has 0 unspecified atom stereocenters. The van der Waals surface area contributed by atoms with Crippen molar-refractivity contribution in [3.05, 3.63) is 89.9 Å². The van der Waals surface area contributed by atoms with E-state index >= 15 is 0 Å². The number of hydrogen-bond acceptors (Lipinski definition) is 2. The second kappa shape index (κ2) is 4.98. The molecule has 1 aliphatic rings. The molecule has 0 saturated heterocycles. The van der Waals surface area contributed by atoms with E-state index in [-0.39, 0.29) is 0 Å². The van der Waals surface area contributed by atoms with E-state index in [1.54, 1.807) is 6.26 Å². The van der Waals surface area contributed by atoms with Crippen molar-refractivity contribution in [3.8, 4) is 5.75 Å². The van der Waals surface area contributed by atoms with Gasteiger partial charge in [0.05, 0.1) is 6.26 Å². The summed E-state index contributed by atoms with van der Waals surface area (Å²) in [5, 5.41) is 0. The summed E-state index contributed by atoms with van der Waals surface area (Å²) in [6.07, 6.45) is 2.51. The summed E-state index contributed by atoms with van der Waals surface area (Å²) in [6.45, 7) is 0. The molecule has 0 atom stereocenters. The SMILES string of the molecule is c1ccc(C2=C(c3ccco3)Cc3ccccc3O2)cc1. The van der Waals surface area contributed by atoms with E-state index < -0.39 is 0 Å². The summed E-state index contributed by atoms with van der Waals surface area (Å²) in [6, 6.07) is 22.2. The predicted molar refractivity (Wildman–Crippen MR) is 82.7 cm³/mol. The smallest absolute Gasteiger partial charge is 0.141 e. The highest BCUT2D eigenvalue weighted by molar-refractivity contribution is 5.89. The minimum atomic E-state index is 0.813. The van der Waals surface area contributed by atoms with Gasteiger partial charge in [0.2, 0.25) is 0 Å². The standard InChI is InChI=1S/C19H14O2/c1-2-7-14(8-3-1)19-16(18-11-6-12-20-18)13-15-9-4-5-10-17(15)21-19/h1-12H,13H2. The highest BCUT2D eigenvalue weighted by Crippen LogP contribution is 2.38. The molecule has 3 aromatic rings. The first-order valence-corrected chi connectivity index (χ1v) is 7.00. The fourth-order valence-electron chi connectivity index (χ4n) is 2.66. The van der Waals surface area contributed by atoms with E-state index in [4.69, 9.17) is 9.15 Å². The van der Waals surface area contributed by atoms with Gasteiger partial charge < -0.3 is 9.15 Å². The molecule has 0 saturated carbocycles. The van der Waals surface area contributed by atoms with Crippen LogP contribution < -0.4 is 4.74 Å². The van der Waals surface area contributed by atoms with Crippen LogP contribution in [0.25, 0.3) is 11.3 Å². The van der Waals surface area contributed by atoms with Crippen molar-refractivity contribution in [3.63, 3.8) is 0 Å². The van der Waals surface area contributed by atoms with Crippen LogP contribution in [0.3, 0.4) is 0 Å². The molecular weight excluding hydrogens is 260 g/mol. The summed E-state index contributed by atoms with van der Waals surface area (Å²) in [7, 11) is 0. The maximum absolute atomic E-state index is 6.17. The third-order valence-corrected chi connectivity index (χ3v) is 3.68. The van der Waals surface area contributed by atoms with Gasteiger partial charge in [-0.3, -0.25) is 0 Å². The summed E-state index contributed by atoms with van der Waals surface area (Å²) in [5.41, 5.74) is 3.34. The molecule has 102 valence electrons. The lowest BCUT2D eigenvalue weighted by molar-refractivity contribution is 0.493. The van der Waals surface area contributed by atoms with Crippen LogP contribution in [0.15, 0.2) is 77.4 Å². The first-order chi connectivity index (χ1) is 10.4. The third-order valence-electron chi connectivity index (χ3n) is 3.68. The Balaban J connectivity index is 1.89. The van der Waals surface area contributed by atoms with Gasteiger partial charge in [-0.2, -0.15) is 0 Å². The first kappa shape index (κ1) is 12.0. The second-order valence-electron chi connectivity index (χ2n) is 5.04.